The van der Waals surface area contributed by atoms with Crippen molar-refractivity contribution in [1.29, 1.82) is 0 Å². The Labute approximate surface area is 104 Å². The van der Waals surface area contributed by atoms with E-state index >= 15 is 0 Å². The molecule has 1 saturated carbocycles. The van der Waals surface area contributed by atoms with Gasteiger partial charge in [0, 0.05) is 31.7 Å². The molecule has 1 aromatic carbocycles. The van der Waals surface area contributed by atoms with Crippen molar-refractivity contribution in [2.24, 2.45) is 0 Å². The van der Waals surface area contributed by atoms with Crippen LogP contribution in [0.15, 0.2) is 24.3 Å². The first kappa shape index (κ1) is 11.2. The Morgan fingerprint density at radius 1 is 1.18 bits per heavy atom. The Morgan fingerprint density at radius 3 is 2.76 bits per heavy atom. The molecule has 2 nitrogen and oxygen atoms in total. The molecule has 1 heterocycles. The highest BCUT2D eigenvalue weighted by Gasteiger charge is 2.29. The van der Waals surface area contributed by atoms with Crippen LogP contribution in [-0.2, 0) is 6.54 Å². The van der Waals surface area contributed by atoms with Gasteiger partial charge in [0.25, 0.3) is 0 Å². The summed E-state index contributed by atoms with van der Waals surface area (Å²) in [6.07, 6.45) is 4.12. The minimum Gasteiger partial charge on any atom is -0.310 e. The first-order chi connectivity index (χ1) is 8.31. The van der Waals surface area contributed by atoms with Crippen LogP contribution < -0.4 is 5.32 Å². The number of nitrogens with zero attached hydrogens (tertiary/aromatic N) is 1. The summed E-state index contributed by atoms with van der Waals surface area (Å²) in [4.78, 5) is 2.59. The van der Waals surface area contributed by atoms with E-state index in [1.807, 2.05) is 0 Å². The van der Waals surface area contributed by atoms with E-state index in [0.29, 0.717) is 0 Å². The smallest absolute Gasteiger partial charge is 0.0237 e. The van der Waals surface area contributed by atoms with Crippen LogP contribution in [-0.4, -0.2) is 30.1 Å². The molecule has 1 N–H and O–H groups in total. The third kappa shape index (κ3) is 2.88. The molecular weight excluding hydrogens is 208 g/mol. The van der Waals surface area contributed by atoms with Gasteiger partial charge in [-0.1, -0.05) is 24.3 Å². The number of hydrogen-bond donors (Lipinski definition) is 1. The SMILES string of the molecule is Cc1ccccc1CN1CCC(NC2CC2)C1. The normalized spacial score (nSPS) is 25.4. The van der Waals surface area contributed by atoms with Crippen molar-refractivity contribution in [3.63, 3.8) is 0 Å². The molecule has 2 heteroatoms. The Balaban J connectivity index is 1.54. The van der Waals surface area contributed by atoms with E-state index in [9.17, 15) is 0 Å². The number of rotatable bonds is 4. The van der Waals surface area contributed by atoms with Crippen molar-refractivity contribution >= 4 is 0 Å². The van der Waals surface area contributed by atoms with Gasteiger partial charge in [0.15, 0.2) is 0 Å². The third-order valence-corrected chi connectivity index (χ3v) is 3.98. The Bertz CT molecular complexity index is 384. The van der Waals surface area contributed by atoms with Gasteiger partial charge in [-0.25, -0.2) is 0 Å². The van der Waals surface area contributed by atoms with Crippen LogP contribution in [0.25, 0.3) is 0 Å². The minimum absolute atomic E-state index is 0.742. The Morgan fingerprint density at radius 2 is 2.00 bits per heavy atom. The standard InChI is InChI=1S/C15H22N2/c1-12-4-2-3-5-13(12)10-17-9-8-15(11-17)16-14-6-7-14/h2-5,14-16H,6-11H2,1H3. The molecular formula is C15H22N2. The maximum atomic E-state index is 3.74. The van der Waals surface area contributed by atoms with Gasteiger partial charge in [0.2, 0.25) is 0 Å². The van der Waals surface area contributed by atoms with Gasteiger partial charge in [0.1, 0.15) is 0 Å². The predicted octanol–water partition coefficient (Wildman–Crippen LogP) is 2.32. The third-order valence-electron chi connectivity index (χ3n) is 3.98. The van der Waals surface area contributed by atoms with Crippen LogP contribution in [0.5, 0.6) is 0 Å². The second kappa shape index (κ2) is 4.79. The van der Waals surface area contributed by atoms with Crippen molar-refractivity contribution in [3.05, 3.63) is 35.4 Å². The molecule has 2 fully saturated rings. The molecule has 17 heavy (non-hydrogen) atoms. The fraction of sp³-hybridized carbons (Fsp3) is 0.600. The molecule has 1 atom stereocenters. The topological polar surface area (TPSA) is 15.3 Å². The molecule has 0 amide bonds. The highest BCUT2D eigenvalue weighted by atomic mass is 15.2. The van der Waals surface area contributed by atoms with Gasteiger partial charge in [-0.05, 0) is 37.3 Å². The van der Waals surface area contributed by atoms with Crippen molar-refractivity contribution in [2.75, 3.05) is 13.1 Å². The Hall–Kier alpha value is -0.860. The largest absolute Gasteiger partial charge is 0.310 e. The first-order valence-corrected chi connectivity index (χ1v) is 6.84. The van der Waals surface area contributed by atoms with Gasteiger partial charge < -0.3 is 5.32 Å². The summed E-state index contributed by atoms with van der Waals surface area (Å²) < 4.78 is 0. The number of hydrogen-bond acceptors (Lipinski definition) is 2. The summed E-state index contributed by atoms with van der Waals surface area (Å²) in [5, 5.41) is 3.74. The van der Waals surface area contributed by atoms with Crippen LogP contribution in [0.4, 0.5) is 0 Å². The van der Waals surface area contributed by atoms with Crippen molar-refractivity contribution in [1.82, 2.24) is 10.2 Å². The highest BCUT2D eigenvalue weighted by molar-refractivity contribution is 5.25. The molecule has 1 saturated heterocycles. The zero-order valence-electron chi connectivity index (χ0n) is 10.7. The van der Waals surface area contributed by atoms with Crippen LogP contribution in [0.2, 0.25) is 0 Å². The molecule has 0 spiro atoms. The fourth-order valence-electron chi connectivity index (χ4n) is 2.72. The van der Waals surface area contributed by atoms with Crippen LogP contribution >= 0.6 is 0 Å². The molecule has 1 aromatic rings. The fourth-order valence-corrected chi connectivity index (χ4v) is 2.72. The molecule has 0 aromatic heterocycles. The van der Waals surface area contributed by atoms with Crippen molar-refractivity contribution in [3.8, 4) is 0 Å². The molecule has 1 aliphatic heterocycles. The van der Waals surface area contributed by atoms with E-state index in [1.54, 1.807) is 0 Å². The van der Waals surface area contributed by atoms with E-state index in [1.165, 1.54) is 43.5 Å². The molecule has 1 unspecified atom stereocenters. The second-order valence-corrected chi connectivity index (χ2v) is 5.59. The van der Waals surface area contributed by atoms with Gasteiger partial charge >= 0.3 is 0 Å². The van der Waals surface area contributed by atoms with Crippen LogP contribution in [0, 0.1) is 6.92 Å². The van der Waals surface area contributed by atoms with E-state index < -0.39 is 0 Å². The van der Waals surface area contributed by atoms with E-state index in [2.05, 4.69) is 41.4 Å². The molecule has 92 valence electrons. The molecule has 0 radical (unpaired) electrons. The quantitative estimate of drug-likeness (QED) is 0.854. The lowest BCUT2D eigenvalue weighted by atomic mass is 10.1. The summed E-state index contributed by atoms with van der Waals surface area (Å²) in [5.41, 5.74) is 2.91. The van der Waals surface area contributed by atoms with Gasteiger partial charge in [-0.15, -0.1) is 0 Å². The number of benzene rings is 1. The van der Waals surface area contributed by atoms with E-state index in [4.69, 9.17) is 0 Å². The monoisotopic (exact) mass is 230 g/mol. The van der Waals surface area contributed by atoms with Crippen LogP contribution in [0.3, 0.4) is 0 Å². The van der Waals surface area contributed by atoms with Gasteiger partial charge in [0.05, 0.1) is 0 Å². The van der Waals surface area contributed by atoms with E-state index in [-0.39, 0.29) is 0 Å². The lowest BCUT2D eigenvalue weighted by Crippen LogP contribution is -2.33. The maximum Gasteiger partial charge on any atom is 0.0237 e. The van der Waals surface area contributed by atoms with Crippen molar-refractivity contribution in [2.45, 2.75) is 44.8 Å². The second-order valence-electron chi connectivity index (χ2n) is 5.59. The summed E-state index contributed by atoms with van der Waals surface area (Å²) in [6.45, 7) is 5.81. The zero-order chi connectivity index (χ0) is 11.7. The van der Waals surface area contributed by atoms with Gasteiger partial charge in [-0.2, -0.15) is 0 Å². The number of nitrogens with one attached hydrogen (secondary N) is 1. The minimum atomic E-state index is 0.742. The summed E-state index contributed by atoms with van der Waals surface area (Å²) in [5.74, 6) is 0. The Kier molecular flexibility index (Phi) is 3.17. The summed E-state index contributed by atoms with van der Waals surface area (Å²) >= 11 is 0. The summed E-state index contributed by atoms with van der Waals surface area (Å²) in [6, 6.07) is 10.3. The van der Waals surface area contributed by atoms with Gasteiger partial charge in [-0.3, -0.25) is 4.90 Å². The molecule has 2 aliphatic rings. The van der Waals surface area contributed by atoms with Crippen LogP contribution in [0.1, 0.15) is 30.4 Å². The number of likely N-dealkylation sites (tertiary alicyclic amines) is 1. The molecule has 0 bridgehead atoms. The zero-order valence-corrected chi connectivity index (χ0v) is 10.7. The molecule has 1 aliphatic carbocycles. The lowest BCUT2D eigenvalue weighted by molar-refractivity contribution is 0.319. The van der Waals surface area contributed by atoms with Crippen molar-refractivity contribution < 1.29 is 0 Å². The maximum absolute atomic E-state index is 3.74. The average molecular weight is 230 g/mol. The first-order valence-electron chi connectivity index (χ1n) is 6.84. The highest BCUT2D eigenvalue weighted by Crippen LogP contribution is 2.22. The lowest BCUT2D eigenvalue weighted by Gasteiger charge is -2.17. The summed E-state index contributed by atoms with van der Waals surface area (Å²) in [7, 11) is 0. The molecule has 3 rings (SSSR count). The average Bonchev–Trinajstić information content (AvgIpc) is 3.02. The number of aryl methyl sites for hydroxylation is 1. The predicted molar refractivity (Wildman–Crippen MR) is 71.0 cm³/mol. The van der Waals surface area contributed by atoms with E-state index in [0.717, 1.165) is 18.6 Å².